The second kappa shape index (κ2) is 13.1. The number of rotatable bonds is 8. The van der Waals surface area contributed by atoms with E-state index in [1.165, 1.54) is 11.6 Å². The van der Waals surface area contributed by atoms with E-state index in [2.05, 4.69) is 17.3 Å². The largest absolute Gasteiger partial charge is 0.490 e. The van der Waals surface area contributed by atoms with Gasteiger partial charge in [-0.1, -0.05) is 17.7 Å². The lowest BCUT2D eigenvalue weighted by atomic mass is 10.1. The van der Waals surface area contributed by atoms with Crippen LogP contribution >= 0.6 is 11.6 Å². The molecule has 0 fully saturated rings. The molecule has 0 aliphatic carbocycles. The van der Waals surface area contributed by atoms with E-state index in [1.807, 2.05) is 30.6 Å². The maximum Gasteiger partial charge on any atom is 0.490 e. The summed E-state index contributed by atoms with van der Waals surface area (Å²) in [6.45, 7) is 4.74. The molecule has 3 rings (SSSR count). The lowest BCUT2D eigenvalue weighted by molar-refractivity contribution is -0.192. The van der Waals surface area contributed by atoms with Crippen LogP contribution < -0.4 is 10.2 Å². The van der Waals surface area contributed by atoms with Crippen LogP contribution in [0, 0.1) is 13.8 Å². The van der Waals surface area contributed by atoms with E-state index in [4.69, 9.17) is 21.5 Å². The number of aryl methyl sites for hydroxylation is 2. The Bertz CT molecular complexity index is 1360. The van der Waals surface area contributed by atoms with Gasteiger partial charge in [-0.3, -0.25) is 9.48 Å². The van der Waals surface area contributed by atoms with Gasteiger partial charge in [-0.2, -0.15) is 18.3 Å². The predicted molar refractivity (Wildman–Crippen MR) is 141 cm³/mol. The summed E-state index contributed by atoms with van der Waals surface area (Å²) in [6, 6.07) is 11.5. The van der Waals surface area contributed by atoms with Crippen molar-refractivity contribution in [2.45, 2.75) is 32.9 Å². The van der Waals surface area contributed by atoms with Gasteiger partial charge in [0.25, 0.3) is 5.91 Å². The predicted octanol–water partition coefficient (Wildman–Crippen LogP) is 5.34. The Morgan fingerprint density at radius 2 is 1.74 bits per heavy atom. The van der Waals surface area contributed by atoms with Crippen molar-refractivity contribution < 1.29 is 37.8 Å². The first-order chi connectivity index (χ1) is 18.1. The number of halogens is 4. The van der Waals surface area contributed by atoms with Crippen LogP contribution in [0.1, 0.15) is 44.1 Å². The van der Waals surface area contributed by atoms with Crippen LogP contribution in [0.2, 0.25) is 5.02 Å². The molecule has 1 aromatic heterocycles. The van der Waals surface area contributed by atoms with Crippen LogP contribution in [0.25, 0.3) is 0 Å². The maximum atomic E-state index is 12.5. The Kier molecular flexibility index (Phi) is 10.5. The topological polar surface area (TPSA) is 125 Å². The Morgan fingerprint density at radius 3 is 2.26 bits per heavy atom. The van der Waals surface area contributed by atoms with Crippen LogP contribution in [0.15, 0.2) is 42.5 Å². The van der Waals surface area contributed by atoms with Crippen molar-refractivity contribution >= 4 is 40.8 Å². The number of hydrogen-bond acceptors (Lipinski definition) is 5. The van der Waals surface area contributed by atoms with Crippen molar-refractivity contribution in [2.75, 3.05) is 23.8 Å². The van der Waals surface area contributed by atoms with Crippen LogP contribution in [0.5, 0.6) is 0 Å². The molecule has 0 saturated carbocycles. The van der Waals surface area contributed by atoms with Crippen LogP contribution in [-0.2, 0) is 18.3 Å². The number of amides is 1. The molecule has 0 aliphatic heterocycles. The molecule has 0 spiro atoms. The van der Waals surface area contributed by atoms with E-state index >= 15 is 0 Å². The second-order valence-corrected chi connectivity index (χ2v) is 9.04. The Balaban J connectivity index is 0.000000673. The number of nitrogens with one attached hydrogen (secondary N) is 1. The maximum absolute atomic E-state index is 12.5. The number of carbonyl (C=O) groups excluding carboxylic acids is 1. The third kappa shape index (κ3) is 8.74. The van der Waals surface area contributed by atoms with Crippen molar-refractivity contribution in [3.8, 4) is 0 Å². The molecule has 9 nitrogen and oxygen atoms in total. The standard InChI is InChI=1S/C24H27ClN4O3.C2HF3O2/c1-15-20(16(2)29(4)27-15)9-6-12-28(3)22-11-10-19(14-21(22)24(31)32)26-23(30)17-7-5-8-18(25)13-17;3-2(4,5)1(6)7/h5,7-8,10-11,13-14H,6,9,12H2,1-4H3,(H,26,30)(H,31,32);(H,6,7). The highest BCUT2D eigenvalue weighted by molar-refractivity contribution is 6.31. The molecule has 39 heavy (non-hydrogen) atoms. The summed E-state index contributed by atoms with van der Waals surface area (Å²) >= 11 is 5.95. The average molecular weight is 569 g/mol. The number of nitrogens with zero attached hydrogens (tertiary/aromatic N) is 3. The van der Waals surface area contributed by atoms with Gasteiger partial charge in [-0.15, -0.1) is 0 Å². The summed E-state index contributed by atoms with van der Waals surface area (Å²) in [7, 11) is 3.80. The van der Waals surface area contributed by atoms with Gasteiger partial charge in [-0.05, 0) is 68.7 Å². The number of aromatic nitrogens is 2. The van der Waals surface area contributed by atoms with Gasteiger partial charge < -0.3 is 20.4 Å². The van der Waals surface area contributed by atoms with E-state index in [9.17, 15) is 27.9 Å². The number of anilines is 2. The summed E-state index contributed by atoms with van der Waals surface area (Å²) in [5.41, 5.74) is 4.94. The van der Waals surface area contributed by atoms with Gasteiger partial charge >= 0.3 is 18.1 Å². The third-order valence-corrected chi connectivity index (χ3v) is 6.04. The van der Waals surface area contributed by atoms with Crippen molar-refractivity contribution in [1.29, 1.82) is 0 Å². The number of carboxylic acids is 2. The van der Waals surface area contributed by atoms with Gasteiger partial charge in [0.15, 0.2) is 0 Å². The van der Waals surface area contributed by atoms with Crippen molar-refractivity contribution in [3.05, 3.63) is 75.6 Å². The summed E-state index contributed by atoms with van der Waals surface area (Å²) in [4.78, 5) is 35.2. The monoisotopic (exact) mass is 568 g/mol. The molecule has 0 bridgehead atoms. The minimum absolute atomic E-state index is 0.130. The average Bonchev–Trinajstić information content (AvgIpc) is 3.09. The van der Waals surface area contributed by atoms with Gasteiger partial charge in [-0.25, -0.2) is 9.59 Å². The van der Waals surface area contributed by atoms with Crippen LogP contribution in [0.3, 0.4) is 0 Å². The summed E-state index contributed by atoms with van der Waals surface area (Å²) in [5, 5.41) is 24.5. The zero-order chi connectivity index (χ0) is 29.5. The summed E-state index contributed by atoms with van der Waals surface area (Å²) in [5.74, 6) is -4.16. The van der Waals surface area contributed by atoms with Gasteiger partial charge in [0.1, 0.15) is 0 Å². The van der Waals surface area contributed by atoms with E-state index in [0.29, 0.717) is 28.5 Å². The highest BCUT2D eigenvalue weighted by atomic mass is 35.5. The molecule has 1 heterocycles. The Labute approximate surface area is 227 Å². The first-order valence-electron chi connectivity index (χ1n) is 11.6. The smallest absolute Gasteiger partial charge is 0.478 e. The number of hydrogen-bond donors (Lipinski definition) is 3. The molecule has 1 amide bonds. The van der Waals surface area contributed by atoms with Crippen molar-refractivity contribution in [2.24, 2.45) is 7.05 Å². The van der Waals surface area contributed by atoms with Gasteiger partial charge in [0, 0.05) is 42.6 Å². The summed E-state index contributed by atoms with van der Waals surface area (Å²) in [6.07, 6.45) is -3.36. The lowest BCUT2D eigenvalue weighted by Gasteiger charge is -2.22. The van der Waals surface area contributed by atoms with E-state index in [-0.39, 0.29) is 11.5 Å². The van der Waals surface area contributed by atoms with Crippen molar-refractivity contribution in [1.82, 2.24) is 9.78 Å². The molecule has 0 aliphatic rings. The fraction of sp³-hybridized carbons (Fsp3) is 0.308. The Morgan fingerprint density at radius 1 is 1.10 bits per heavy atom. The zero-order valence-electron chi connectivity index (χ0n) is 21.6. The van der Waals surface area contributed by atoms with E-state index in [0.717, 1.165) is 24.2 Å². The van der Waals surface area contributed by atoms with Crippen molar-refractivity contribution in [3.63, 3.8) is 0 Å². The molecule has 0 unspecified atom stereocenters. The first kappa shape index (κ1) is 31.2. The molecule has 2 aromatic carbocycles. The fourth-order valence-corrected chi connectivity index (χ4v) is 3.93. The molecule has 3 N–H and O–H groups in total. The number of benzene rings is 2. The molecule has 0 atom stereocenters. The number of carboxylic acid groups (broad SMARTS) is 2. The second-order valence-electron chi connectivity index (χ2n) is 8.60. The molecular weight excluding hydrogens is 541 g/mol. The molecule has 3 aromatic rings. The minimum atomic E-state index is -5.08. The van der Waals surface area contributed by atoms with Gasteiger partial charge in [0.2, 0.25) is 0 Å². The Hall–Kier alpha value is -4.06. The quantitative estimate of drug-likeness (QED) is 0.335. The molecule has 210 valence electrons. The highest BCUT2D eigenvalue weighted by Gasteiger charge is 2.38. The third-order valence-electron chi connectivity index (χ3n) is 5.80. The number of alkyl halides is 3. The molecule has 13 heteroatoms. The number of carbonyl (C=O) groups is 3. The highest BCUT2D eigenvalue weighted by Crippen LogP contribution is 2.25. The van der Waals surface area contributed by atoms with Crippen LogP contribution in [-0.4, -0.2) is 57.6 Å². The minimum Gasteiger partial charge on any atom is -0.478 e. The number of aromatic carboxylic acids is 1. The van der Waals surface area contributed by atoms with E-state index < -0.39 is 18.1 Å². The normalized spacial score (nSPS) is 10.9. The first-order valence-corrected chi connectivity index (χ1v) is 11.9. The van der Waals surface area contributed by atoms with Crippen LogP contribution in [0.4, 0.5) is 24.5 Å². The molecular formula is C26H28ClF3N4O5. The van der Waals surface area contributed by atoms with Gasteiger partial charge in [0.05, 0.1) is 16.9 Å². The lowest BCUT2D eigenvalue weighted by Crippen LogP contribution is -2.22. The molecule has 0 saturated heterocycles. The molecule has 0 radical (unpaired) electrons. The fourth-order valence-electron chi connectivity index (χ4n) is 3.74. The SMILES string of the molecule is Cc1nn(C)c(C)c1CCCN(C)c1ccc(NC(=O)c2cccc(Cl)c2)cc1C(=O)O.O=C(O)C(F)(F)F. The number of aliphatic carboxylic acids is 1. The zero-order valence-corrected chi connectivity index (χ0v) is 22.4. The summed E-state index contributed by atoms with van der Waals surface area (Å²) < 4.78 is 33.6. The van der Waals surface area contributed by atoms with E-state index in [1.54, 1.807) is 36.4 Å².